The Labute approximate surface area is 112 Å². The van der Waals surface area contributed by atoms with Crippen LogP contribution in [-0.4, -0.2) is 4.98 Å². The Kier molecular flexibility index (Phi) is 2.88. The smallest absolute Gasteiger partial charge is 0.131 e. The minimum absolute atomic E-state index is 0.813. The molecule has 1 aromatic heterocycles. The summed E-state index contributed by atoms with van der Waals surface area (Å²) in [6, 6.07) is 19.8. The molecule has 0 saturated carbocycles. The number of nitrogens with one attached hydrogen (secondary N) is 1. The van der Waals surface area contributed by atoms with Crippen LogP contribution in [0.15, 0.2) is 60.7 Å². The van der Waals surface area contributed by atoms with Crippen molar-refractivity contribution in [3.05, 3.63) is 66.2 Å². The minimum atomic E-state index is 0.813. The molecule has 1 heterocycles. The lowest BCUT2D eigenvalue weighted by molar-refractivity contribution is 1.37. The second-order valence-electron chi connectivity index (χ2n) is 4.24. The van der Waals surface area contributed by atoms with E-state index in [2.05, 4.69) is 22.3 Å². The summed E-state index contributed by atoms with van der Waals surface area (Å²) >= 11 is 0. The van der Waals surface area contributed by atoms with E-state index < -0.39 is 0 Å². The van der Waals surface area contributed by atoms with Gasteiger partial charge in [-0.25, -0.2) is 4.98 Å². The van der Waals surface area contributed by atoms with Gasteiger partial charge in [0.25, 0.3) is 0 Å². The third-order valence-corrected chi connectivity index (χ3v) is 2.90. The molecule has 0 spiro atoms. The first-order chi connectivity index (χ1) is 9.35. The number of pyridine rings is 1. The molecule has 0 fully saturated rings. The van der Waals surface area contributed by atoms with E-state index in [1.807, 2.05) is 54.6 Å². The molecule has 0 unspecified atom stereocenters. The fraction of sp³-hybridized carbons (Fsp3) is 0. The molecule has 0 bridgehead atoms. The van der Waals surface area contributed by atoms with Crippen molar-refractivity contribution in [2.24, 2.45) is 0 Å². The van der Waals surface area contributed by atoms with Crippen molar-refractivity contribution >= 4 is 22.4 Å². The molecule has 0 aliphatic rings. The molecule has 0 aliphatic carbocycles. The van der Waals surface area contributed by atoms with Crippen LogP contribution in [0.25, 0.3) is 10.9 Å². The summed E-state index contributed by atoms with van der Waals surface area (Å²) in [6.45, 7) is 0. The highest BCUT2D eigenvalue weighted by Crippen LogP contribution is 2.19. The zero-order valence-electron chi connectivity index (χ0n) is 10.3. The summed E-state index contributed by atoms with van der Waals surface area (Å²) in [7, 11) is 0. The van der Waals surface area contributed by atoms with Crippen molar-refractivity contribution in [3.63, 3.8) is 0 Å². The third-order valence-electron chi connectivity index (χ3n) is 2.90. The number of nitrogens with zero attached hydrogens (tertiary/aromatic N) is 1. The van der Waals surface area contributed by atoms with Gasteiger partial charge in [-0.1, -0.05) is 30.2 Å². The van der Waals surface area contributed by atoms with E-state index in [4.69, 9.17) is 6.42 Å². The average Bonchev–Trinajstić information content (AvgIpc) is 2.47. The maximum absolute atomic E-state index is 5.39. The molecule has 0 aliphatic heterocycles. The Balaban J connectivity index is 1.94. The number of hydrogen-bond donors (Lipinski definition) is 1. The maximum atomic E-state index is 5.39. The van der Waals surface area contributed by atoms with Gasteiger partial charge in [-0.3, -0.25) is 0 Å². The van der Waals surface area contributed by atoms with Gasteiger partial charge in [0.2, 0.25) is 0 Å². The molecule has 2 aromatic carbocycles. The Morgan fingerprint density at radius 1 is 0.947 bits per heavy atom. The normalized spacial score (nSPS) is 10.1. The topological polar surface area (TPSA) is 24.9 Å². The summed E-state index contributed by atoms with van der Waals surface area (Å²) in [5.41, 5.74) is 2.77. The van der Waals surface area contributed by atoms with Crippen molar-refractivity contribution in [1.82, 2.24) is 4.98 Å². The summed E-state index contributed by atoms with van der Waals surface area (Å²) < 4.78 is 0. The van der Waals surface area contributed by atoms with Gasteiger partial charge in [-0.05, 0) is 36.4 Å². The Hall–Kier alpha value is -2.79. The Morgan fingerprint density at radius 3 is 2.74 bits per heavy atom. The summed E-state index contributed by atoms with van der Waals surface area (Å²) in [5, 5.41) is 4.39. The molecule has 90 valence electrons. The number of rotatable bonds is 2. The van der Waals surface area contributed by atoms with Crippen molar-refractivity contribution in [1.29, 1.82) is 0 Å². The quantitative estimate of drug-likeness (QED) is 0.690. The van der Waals surface area contributed by atoms with Crippen LogP contribution in [0.3, 0.4) is 0 Å². The van der Waals surface area contributed by atoms with Crippen LogP contribution in [-0.2, 0) is 0 Å². The molecule has 0 atom stereocenters. The first kappa shape index (κ1) is 11.3. The second kappa shape index (κ2) is 4.83. The lowest BCUT2D eigenvalue weighted by Crippen LogP contribution is -1.93. The first-order valence-corrected chi connectivity index (χ1v) is 6.05. The monoisotopic (exact) mass is 244 g/mol. The molecular weight excluding hydrogens is 232 g/mol. The van der Waals surface area contributed by atoms with Gasteiger partial charge < -0.3 is 5.32 Å². The van der Waals surface area contributed by atoms with Gasteiger partial charge >= 0.3 is 0 Å². The van der Waals surface area contributed by atoms with Crippen LogP contribution in [0.5, 0.6) is 0 Å². The zero-order chi connectivity index (χ0) is 13.1. The van der Waals surface area contributed by atoms with Crippen LogP contribution in [0.4, 0.5) is 11.5 Å². The highest BCUT2D eigenvalue weighted by Gasteiger charge is 1.99. The van der Waals surface area contributed by atoms with Crippen LogP contribution in [0.2, 0.25) is 0 Å². The molecule has 0 radical (unpaired) electrons. The number of para-hydroxylation sites is 1. The zero-order valence-corrected chi connectivity index (χ0v) is 10.3. The van der Waals surface area contributed by atoms with Crippen LogP contribution >= 0.6 is 0 Å². The highest BCUT2D eigenvalue weighted by atomic mass is 15.0. The van der Waals surface area contributed by atoms with Crippen molar-refractivity contribution in [2.75, 3.05) is 5.32 Å². The van der Waals surface area contributed by atoms with Crippen LogP contribution in [0, 0.1) is 12.3 Å². The highest BCUT2D eigenvalue weighted by molar-refractivity contribution is 5.80. The molecule has 0 saturated heterocycles. The molecule has 1 N–H and O–H groups in total. The van der Waals surface area contributed by atoms with Crippen molar-refractivity contribution in [3.8, 4) is 12.3 Å². The second-order valence-corrected chi connectivity index (χ2v) is 4.24. The lowest BCUT2D eigenvalue weighted by atomic mass is 10.2. The molecule has 2 heteroatoms. The fourth-order valence-electron chi connectivity index (χ4n) is 1.97. The molecule has 3 aromatic rings. The molecular formula is C17H12N2. The molecule has 0 amide bonds. The molecule has 3 rings (SSSR count). The van der Waals surface area contributed by atoms with Gasteiger partial charge in [0, 0.05) is 16.6 Å². The van der Waals surface area contributed by atoms with Crippen LogP contribution < -0.4 is 5.32 Å². The van der Waals surface area contributed by atoms with E-state index in [1.165, 1.54) is 0 Å². The third kappa shape index (κ3) is 2.41. The standard InChI is InChI=1S/C17H12N2/c1-2-13-6-5-8-15(12-13)18-17-11-10-14-7-3-4-9-16(14)19-17/h1,3-12H,(H,18,19). The number of terminal acetylenes is 1. The SMILES string of the molecule is C#Cc1cccc(Nc2ccc3ccccc3n2)c1. The van der Waals surface area contributed by atoms with Crippen molar-refractivity contribution < 1.29 is 0 Å². The molecule has 2 nitrogen and oxygen atoms in total. The van der Waals surface area contributed by atoms with Gasteiger partial charge in [0.1, 0.15) is 5.82 Å². The van der Waals surface area contributed by atoms with Gasteiger partial charge in [-0.15, -0.1) is 6.42 Å². The summed E-state index contributed by atoms with van der Waals surface area (Å²) in [6.07, 6.45) is 5.39. The number of fused-ring (bicyclic) bond motifs is 1. The Morgan fingerprint density at radius 2 is 1.84 bits per heavy atom. The van der Waals surface area contributed by atoms with Gasteiger partial charge in [-0.2, -0.15) is 0 Å². The maximum Gasteiger partial charge on any atom is 0.131 e. The number of hydrogen-bond acceptors (Lipinski definition) is 2. The average molecular weight is 244 g/mol. The minimum Gasteiger partial charge on any atom is -0.340 e. The number of benzene rings is 2. The summed E-state index contributed by atoms with van der Waals surface area (Å²) in [5.74, 6) is 3.44. The van der Waals surface area contributed by atoms with E-state index in [0.29, 0.717) is 0 Å². The largest absolute Gasteiger partial charge is 0.340 e. The van der Waals surface area contributed by atoms with Gasteiger partial charge in [0.05, 0.1) is 5.52 Å². The predicted octanol–water partition coefficient (Wildman–Crippen LogP) is 3.96. The number of anilines is 2. The van der Waals surface area contributed by atoms with Crippen molar-refractivity contribution in [2.45, 2.75) is 0 Å². The van der Waals surface area contributed by atoms with E-state index in [0.717, 1.165) is 28.0 Å². The van der Waals surface area contributed by atoms with E-state index in [9.17, 15) is 0 Å². The van der Waals surface area contributed by atoms with E-state index in [1.54, 1.807) is 0 Å². The molecule has 19 heavy (non-hydrogen) atoms. The predicted molar refractivity (Wildman–Crippen MR) is 79.4 cm³/mol. The lowest BCUT2D eigenvalue weighted by Gasteiger charge is -2.07. The van der Waals surface area contributed by atoms with E-state index >= 15 is 0 Å². The van der Waals surface area contributed by atoms with Crippen LogP contribution in [0.1, 0.15) is 5.56 Å². The van der Waals surface area contributed by atoms with E-state index in [-0.39, 0.29) is 0 Å². The number of aromatic nitrogens is 1. The van der Waals surface area contributed by atoms with Gasteiger partial charge in [0.15, 0.2) is 0 Å². The Bertz CT molecular complexity index is 769. The first-order valence-electron chi connectivity index (χ1n) is 6.05. The fourth-order valence-corrected chi connectivity index (χ4v) is 1.97. The summed E-state index contributed by atoms with van der Waals surface area (Å²) in [4.78, 5) is 4.56.